The first kappa shape index (κ1) is 9.25. The molecule has 66 valence electrons. The molecule has 0 aliphatic heterocycles. The van der Waals surface area contributed by atoms with Gasteiger partial charge in [-0.25, -0.2) is 4.98 Å². The summed E-state index contributed by atoms with van der Waals surface area (Å²) in [6.45, 7) is 0. The maximum atomic E-state index is 12.4. The van der Waals surface area contributed by atoms with Crippen molar-refractivity contribution >= 4 is 11.6 Å². The summed E-state index contributed by atoms with van der Waals surface area (Å²) < 4.78 is 48.3. The highest BCUT2D eigenvalue weighted by molar-refractivity contribution is 6.31. The minimum absolute atomic E-state index is 0.685. The summed E-state index contributed by atoms with van der Waals surface area (Å²) >= 11 is 5.11. The van der Waals surface area contributed by atoms with Crippen LogP contribution in [0, 0.1) is 5.95 Å². The van der Waals surface area contributed by atoms with E-state index in [4.69, 9.17) is 11.6 Å². The summed E-state index contributed by atoms with van der Waals surface area (Å²) in [6.07, 6.45) is -3.93. The first-order valence-corrected chi connectivity index (χ1v) is 3.18. The Morgan fingerprint density at radius 2 is 1.92 bits per heavy atom. The SMILES string of the molecule is Fc1nccc(Cl)c1C(F)(F)F. The van der Waals surface area contributed by atoms with E-state index in [1.54, 1.807) is 0 Å². The fourth-order valence-electron chi connectivity index (χ4n) is 0.667. The Bertz CT molecular complexity index is 276. The highest BCUT2D eigenvalue weighted by Gasteiger charge is 2.37. The largest absolute Gasteiger partial charge is 0.422 e. The zero-order valence-corrected chi connectivity index (χ0v) is 6.25. The minimum atomic E-state index is -4.80. The fourth-order valence-corrected chi connectivity index (χ4v) is 0.908. The second-order valence-corrected chi connectivity index (χ2v) is 2.36. The molecule has 0 aromatic carbocycles. The van der Waals surface area contributed by atoms with Gasteiger partial charge >= 0.3 is 6.18 Å². The van der Waals surface area contributed by atoms with Crippen molar-refractivity contribution in [2.45, 2.75) is 6.18 Å². The molecule has 1 aromatic heterocycles. The molecule has 0 unspecified atom stereocenters. The second kappa shape index (κ2) is 2.90. The normalized spacial score (nSPS) is 11.8. The first-order valence-electron chi connectivity index (χ1n) is 2.80. The molecule has 6 heteroatoms. The number of hydrogen-bond donors (Lipinski definition) is 0. The van der Waals surface area contributed by atoms with E-state index < -0.39 is 22.7 Å². The summed E-state index contributed by atoms with van der Waals surface area (Å²) in [7, 11) is 0. The summed E-state index contributed by atoms with van der Waals surface area (Å²) in [5.41, 5.74) is -1.52. The summed E-state index contributed by atoms with van der Waals surface area (Å²) in [5, 5.41) is -0.685. The molecule has 0 amide bonds. The van der Waals surface area contributed by atoms with Crippen molar-refractivity contribution in [1.82, 2.24) is 4.98 Å². The van der Waals surface area contributed by atoms with Crippen molar-refractivity contribution in [2.75, 3.05) is 0 Å². The van der Waals surface area contributed by atoms with Crippen LogP contribution in [0.4, 0.5) is 17.6 Å². The lowest BCUT2D eigenvalue weighted by molar-refractivity contribution is -0.140. The lowest BCUT2D eigenvalue weighted by atomic mass is 10.3. The molecule has 0 fully saturated rings. The van der Waals surface area contributed by atoms with Crippen LogP contribution in [0.15, 0.2) is 12.3 Å². The monoisotopic (exact) mass is 199 g/mol. The molecule has 12 heavy (non-hydrogen) atoms. The van der Waals surface area contributed by atoms with Gasteiger partial charge in [0.05, 0.1) is 5.02 Å². The number of pyridine rings is 1. The predicted octanol–water partition coefficient (Wildman–Crippen LogP) is 2.89. The van der Waals surface area contributed by atoms with Crippen LogP contribution in [0.3, 0.4) is 0 Å². The molecule has 1 aromatic rings. The molecule has 1 heterocycles. The Labute approximate surface area is 70.0 Å². The van der Waals surface area contributed by atoms with Gasteiger partial charge in [0.15, 0.2) is 0 Å². The Morgan fingerprint density at radius 1 is 1.33 bits per heavy atom. The highest BCUT2D eigenvalue weighted by atomic mass is 35.5. The van der Waals surface area contributed by atoms with E-state index >= 15 is 0 Å². The Kier molecular flexibility index (Phi) is 2.23. The van der Waals surface area contributed by atoms with Crippen LogP contribution in [0.1, 0.15) is 5.56 Å². The molecule has 1 nitrogen and oxygen atoms in total. The third-order valence-corrected chi connectivity index (χ3v) is 1.45. The van der Waals surface area contributed by atoms with Gasteiger partial charge in [-0.1, -0.05) is 11.6 Å². The standard InChI is InChI=1S/C6H2ClF4N/c7-3-1-2-12-5(8)4(3)6(9,10)11/h1-2H. The number of halogens is 5. The van der Waals surface area contributed by atoms with Crippen LogP contribution in [0.25, 0.3) is 0 Å². The van der Waals surface area contributed by atoms with Gasteiger partial charge in [0.1, 0.15) is 5.56 Å². The maximum Gasteiger partial charge on any atom is 0.422 e. The van der Waals surface area contributed by atoms with Crippen molar-refractivity contribution in [3.63, 3.8) is 0 Å². The third kappa shape index (κ3) is 1.66. The topological polar surface area (TPSA) is 12.9 Å². The number of rotatable bonds is 0. The van der Waals surface area contributed by atoms with Crippen LogP contribution in [0.2, 0.25) is 5.02 Å². The second-order valence-electron chi connectivity index (χ2n) is 1.96. The van der Waals surface area contributed by atoms with Crippen LogP contribution in [-0.2, 0) is 6.18 Å². The first-order chi connectivity index (χ1) is 5.43. The van der Waals surface area contributed by atoms with Gasteiger partial charge < -0.3 is 0 Å². The predicted molar refractivity (Wildman–Crippen MR) is 34.2 cm³/mol. The number of alkyl halides is 3. The van der Waals surface area contributed by atoms with E-state index in [1.165, 1.54) is 0 Å². The molecular formula is C6H2ClF4N. The van der Waals surface area contributed by atoms with E-state index in [-0.39, 0.29) is 0 Å². The Morgan fingerprint density at radius 3 is 2.25 bits per heavy atom. The molecule has 0 N–H and O–H groups in total. The smallest absolute Gasteiger partial charge is 0.228 e. The molecule has 0 spiro atoms. The summed E-state index contributed by atoms with van der Waals surface area (Å²) in [4.78, 5) is 2.84. The van der Waals surface area contributed by atoms with Crippen molar-refractivity contribution in [3.8, 4) is 0 Å². The van der Waals surface area contributed by atoms with E-state index in [2.05, 4.69) is 4.98 Å². The van der Waals surface area contributed by atoms with Gasteiger partial charge in [0.2, 0.25) is 5.95 Å². The number of hydrogen-bond acceptors (Lipinski definition) is 1. The molecule has 0 radical (unpaired) electrons. The van der Waals surface area contributed by atoms with Crippen LogP contribution < -0.4 is 0 Å². The number of nitrogens with zero attached hydrogens (tertiary/aromatic N) is 1. The van der Waals surface area contributed by atoms with Gasteiger partial charge in [0.25, 0.3) is 0 Å². The third-order valence-electron chi connectivity index (χ3n) is 1.14. The van der Waals surface area contributed by atoms with Gasteiger partial charge in [0, 0.05) is 6.20 Å². The summed E-state index contributed by atoms with van der Waals surface area (Å²) in [6, 6.07) is 0.882. The van der Waals surface area contributed by atoms with Gasteiger partial charge in [-0.05, 0) is 6.07 Å². The van der Waals surface area contributed by atoms with Crippen molar-refractivity contribution in [3.05, 3.63) is 28.8 Å². The molecular weight excluding hydrogens is 198 g/mol. The number of aromatic nitrogens is 1. The Balaban J connectivity index is 3.31. The quantitative estimate of drug-likeness (QED) is 0.463. The van der Waals surface area contributed by atoms with E-state index in [9.17, 15) is 17.6 Å². The molecule has 0 saturated heterocycles. The molecule has 1 rings (SSSR count). The molecule has 0 atom stereocenters. The maximum absolute atomic E-state index is 12.4. The average Bonchev–Trinajstić information content (AvgIpc) is 1.82. The average molecular weight is 200 g/mol. The lowest BCUT2D eigenvalue weighted by Gasteiger charge is -2.07. The van der Waals surface area contributed by atoms with E-state index in [0.717, 1.165) is 12.3 Å². The molecule has 0 aliphatic carbocycles. The van der Waals surface area contributed by atoms with Crippen molar-refractivity contribution in [1.29, 1.82) is 0 Å². The van der Waals surface area contributed by atoms with Crippen molar-refractivity contribution < 1.29 is 17.6 Å². The highest BCUT2D eigenvalue weighted by Crippen LogP contribution is 2.35. The van der Waals surface area contributed by atoms with Gasteiger partial charge in [-0.2, -0.15) is 17.6 Å². The minimum Gasteiger partial charge on any atom is -0.228 e. The zero-order chi connectivity index (χ0) is 9.35. The summed E-state index contributed by atoms with van der Waals surface area (Å²) in [5.74, 6) is -1.60. The molecule has 0 saturated carbocycles. The van der Waals surface area contributed by atoms with Crippen molar-refractivity contribution in [2.24, 2.45) is 0 Å². The fraction of sp³-hybridized carbons (Fsp3) is 0.167. The molecule has 0 bridgehead atoms. The van der Waals surface area contributed by atoms with Crippen LogP contribution >= 0.6 is 11.6 Å². The van der Waals surface area contributed by atoms with Gasteiger partial charge in [-0.3, -0.25) is 0 Å². The Hall–Kier alpha value is -0.840. The van der Waals surface area contributed by atoms with Crippen LogP contribution in [-0.4, -0.2) is 4.98 Å². The lowest BCUT2D eigenvalue weighted by Crippen LogP contribution is -2.10. The van der Waals surface area contributed by atoms with Crippen LogP contribution in [0.5, 0.6) is 0 Å². The zero-order valence-electron chi connectivity index (χ0n) is 5.49. The molecule has 0 aliphatic rings. The van der Waals surface area contributed by atoms with E-state index in [0.29, 0.717) is 0 Å². The van der Waals surface area contributed by atoms with E-state index in [1.807, 2.05) is 0 Å². The van der Waals surface area contributed by atoms with Gasteiger partial charge in [-0.15, -0.1) is 0 Å².